The van der Waals surface area contributed by atoms with E-state index in [1.54, 1.807) is 11.3 Å². The molecule has 1 aliphatic carbocycles. The van der Waals surface area contributed by atoms with Gasteiger partial charge in [0, 0.05) is 30.6 Å². The molecule has 0 atom stereocenters. The van der Waals surface area contributed by atoms with Crippen LogP contribution in [0.25, 0.3) is 11.3 Å². The highest BCUT2D eigenvalue weighted by atomic mass is 32.1. The van der Waals surface area contributed by atoms with Gasteiger partial charge >= 0.3 is 0 Å². The quantitative estimate of drug-likeness (QED) is 0.918. The Balaban J connectivity index is 1.82. The highest BCUT2D eigenvalue weighted by Crippen LogP contribution is 2.34. The molecule has 2 N–H and O–H groups in total. The number of rotatable bonds is 4. The first-order valence-corrected chi connectivity index (χ1v) is 7.13. The third kappa shape index (κ3) is 2.26. The lowest BCUT2D eigenvalue weighted by atomic mass is 10.1. The van der Waals surface area contributed by atoms with Crippen LogP contribution in [0.3, 0.4) is 0 Å². The lowest BCUT2D eigenvalue weighted by Gasteiger charge is -2.13. The van der Waals surface area contributed by atoms with Crippen molar-refractivity contribution in [1.82, 2.24) is 4.98 Å². The van der Waals surface area contributed by atoms with Crippen LogP contribution in [0.1, 0.15) is 18.4 Å². The van der Waals surface area contributed by atoms with Crippen LogP contribution in [0, 0.1) is 0 Å². The normalized spacial score (nSPS) is 14.8. The maximum Gasteiger partial charge on any atom is 0.185 e. The Kier molecular flexibility index (Phi) is 3.06. The maximum absolute atomic E-state index is 5.60. The van der Waals surface area contributed by atoms with Gasteiger partial charge in [0.1, 0.15) is 0 Å². The molecule has 0 amide bonds. The number of nitrogens with zero attached hydrogens (tertiary/aromatic N) is 2. The Hall–Kier alpha value is -1.39. The Morgan fingerprint density at radius 3 is 2.67 bits per heavy atom. The van der Waals surface area contributed by atoms with Crippen molar-refractivity contribution in [3.8, 4) is 11.3 Å². The molecule has 0 saturated heterocycles. The summed E-state index contributed by atoms with van der Waals surface area (Å²) in [5, 5.41) is 3.25. The van der Waals surface area contributed by atoms with Crippen LogP contribution in [-0.2, 0) is 6.54 Å². The van der Waals surface area contributed by atoms with Crippen molar-refractivity contribution in [1.29, 1.82) is 0 Å². The van der Waals surface area contributed by atoms with Gasteiger partial charge < -0.3 is 10.6 Å². The zero-order valence-electron chi connectivity index (χ0n) is 10.5. The highest BCUT2D eigenvalue weighted by molar-refractivity contribution is 7.14. The summed E-state index contributed by atoms with van der Waals surface area (Å²) in [6, 6.07) is 9.04. The van der Waals surface area contributed by atoms with Crippen molar-refractivity contribution in [3.05, 3.63) is 35.2 Å². The van der Waals surface area contributed by atoms with Crippen molar-refractivity contribution in [2.75, 3.05) is 11.9 Å². The first-order valence-electron chi connectivity index (χ1n) is 6.25. The number of thiazole rings is 1. The van der Waals surface area contributed by atoms with Gasteiger partial charge in [0.15, 0.2) is 5.13 Å². The maximum atomic E-state index is 5.60. The van der Waals surface area contributed by atoms with E-state index < -0.39 is 0 Å². The van der Waals surface area contributed by atoms with Crippen LogP contribution in [0.2, 0.25) is 0 Å². The minimum Gasteiger partial charge on any atom is -0.348 e. The minimum absolute atomic E-state index is 0.590. The smallest absolute Gasteiger partial charge is 0.185 e. The fourth-order valence-corrected chi connectivity index (χ4v) is 2.86. The van der Waals surface area contributed by atoms with Gasteiger partial charge in [-0.15, -0.1) is 11.3 Å². The molecule has 1 aliphatic rings. The molecule has 1 aromatic carbocycles. The number of aromatic nitrogens is 1. The molecule has 4 heteroatoms. The number of hydrogen-bond acceptors (Lipinski definition) is 4. The number of hydrogen-bond donors (Lipinski definition) is 1. The van der Waals surface area contributed by atoms with Crippen molar-refractivity contribution < 1.29 is 0 Å². The van der Waals surface area contributed by atoms with Gasteiger partial charge in [0.25, 0.3) is 0 Å². The summed E-state index contributed by atoms with van der Waals surface area (Å²) < 4.78 is 0. The predicted molar refractivity (Wildman–Crippen MR) is 76.9 cm³/mol. The molecular weight excluding hydrogens is 242 g/mol. The summed E-state index contributed by atoms with van der Waals surface area (Å²) >= 11 is 1.72. The van der Waals surface area contributed by atoms with Gasteiger partial charge in [-0.1, -0.05) is 24.3 Å². The zero-order chi connectivity index (χ0) is 12.5. The molecule has 0 bridgehead atoms. The number of benzene rings is 1. The average Bonchev–Trinajstić information content (AvgIpc) is 3.15. The largest absolute Gasteiger partial charge is 0.348 e. The Morgan fingerprint density at radius 2 is 2.06 bits per heavy atom. The summed E-state index contributed by atoms with van der Waals surface area (Å²) in [7, 11) is 2.14. The van der Waals surface area contributed by atoms with Crippen molar-refractivity contribution >= 4 is 16.5 Å². The predicted octanol–water partition coefficient (Wildman–Crippen LogP) is 2.87. The summed E-state index contributed by atoms with van der Waals surface area (Å²) in [4.78, 5) is 7.00. The van der Waals surface area contributed by atoms with Gasteiger partial charge in [0.05, 0.1) is 5.69 Å². The topological polar surface area (TPSA) is 42.2 Å². The van der Waals surface area contributed by atoms with E-state index in [4.69, 9.17) is 10.7 Å². The lowest BCUT2D eigenvalue weighted by molar-refractivity contribution is 0.909. The standard InChI is InChI=1S/C14H17N3S/c1-17(12-6-7-12)14-16-13(9-18-14)11-4-2-10(8-15)3-5-11/h2-5,9,12H,6-8,15H2,1H3. The lowest BCUT2D eigenvalue weighted by Crippen LogP contribution is -2.18. The molecule has 18 heavy (non-hydrogen) atoms. The van der Waals surface area contributed by atoms with Gasteiger partial charge in [-0.05, 0) is 18.4 Å². The molecule has 1 saturated carbocycles. The molecule has 2 aromatic rings. The van der Waals surface area contributed by atoms with E-state index in [0.29, 0.717) is 12.6 Å². The van der Waals surface area contributed by atoms with Gasteiger partial charge in [0.2, 0.25) is 0 Å². The van der Waals surface area contributed by atoms with Crippen LogP contribution >= 0.6 is 11.3 Å². The van der Waals surface area contributed by atoms with E-state index in [0.717, 1.165) is 16.4 Å². The van der Waals surface area contributed by atoms with E-state index in [1.807, 2.05) is 0 Å². The van der Waals surface area contributed by atoms with Crippen LogP contribution in [0.15, 0.2) is 29.6 Å². The van der Waals surface area contributed by atoms with Gasteiger partial charge in [-0.25, -0.2) is 4.98 Å². The van der Waals surface area contributed by atoms with Crippen LogP contribution in [-0.4, -0.2) is 18.1 Å². The van der Waals surface area contributed by atoms with E-state index >= 15 is 0 Å². The fourth-order valence-electron chi connectivity index (χ4n) is 1.99. The summed E-state index contributed by atoms with van der Waals surface area (Å²) in [5.74, 6) is 0. The molecule has 3 nitrogen and oxygen atoms in total. The molecule has 0 unspecified atom stereocenters. The van der Waals surface area contributed by atoms with Crippen LogP contribution < -0.4 is 10.6 Å². The Morgan fingerprint density at radius 1 is 1.33 bits per heavy atom. The Bertz CT molecular complexity index is 528. The number of anilines is 1. The second-order valence-corrected chi connectivity index (χ2v) is 5.59. The molecule has 0 spiro atoms. The minimum atomic E-state index is 0.590. The third-order valence-electron chi connectivity index (χ3n) is 3.37. The first kappa shape index (κ1) is 11.7. The zero-order valence-corrected chi connectivity index (χ0v) is 11.3. The van der Waals surface area contributed by atoms with Crippen molar-refractivity contribution in [2.24, 2.45) is 5.73 Å². The van der Waals surface area contributed by atoms with Gasteiger partial charge in [-0.3, -0.25) is 0 Å². The summed E-state index contributed by atoms with van der Waals surface area (Å²) in [6.45, 7) is 0.590. The highest BCUT2D eigenvalue weighted by Gasteiger charge is 2.27. The molecule has 3 rings (SSSR count). The summed E-state index contributed by atoms with van der Waals surface area (Å²) in [5.41, 5.74) is 8.99. The first-order chi connectivity index (χ1) is 8.78. The van der Waals surface area contributed by atoms with E-state index in [2.05, 4.69) is 41.6 Å². The van der Waals surface area contributed by atoms with Crippen LogP contribution in [0.5, 0.6) is 0 Å². The van der Waals surface area contributed by atoms with Crippen molar-refractivity contribution in [3.63, 3.8) is 0 Å². The van der Waals surface area contributed by atoms with Crippen molar-refractivity contribution in [2.45, 2.75) is 25.4 Å². The monoisotopic (exact) mass is 259 g/mol. The molecule has 0 radical (unpaired) electrons. The van der Waals surface area contributed by atoms with E-state index in [-0.39, 0.29) is 0 Å². The third-order valence-corrected chi connectivity index (χ3v) is 4.30. The second kappa shape index (κ2) is 4.71. The van der Waals surface area contributed by atoms with Gasteiger partial charge in [-0.2, -0.15) is 0 Å². The average molecular weight is 259 g/mol. The molecular formula is C14H17N3S. The van der Waals surface area contributed by atoms with E-state index in [9.17, 15) is 0 Å². The molecule has 1 aromatic heterocycles. The SMILES string of the molecule is CN(c1nc(-c2ccc(CN)cc2)cs1)C1CC1. The second-order valence-electron chi connectivity index (χ2n) is 4.76. The number of nitrogens with two attached hydrogens (primary N) is 1. The fraction of sp³-hybridized carbons (Fsp3) is 0.357. The van der Waals surface area contributed by atoms with Crippen LogP contribution in [0.4, 0.5) is 5.13 Å². The van der Waals surface area contributed by atoms with E-state index in [1.165, 1.54) is 18.4 Å². The molecule has 1 heterocycles. The molecule has 94 valence electrons. The summed E-state index contributed by atoms with van der Waals surface area (Å²) in [6.07, 6.45) is 2.60. The Labute approximate surface area is 111 Å². The molecule has 1 fully saturated rings. The molecule has 0 aliphatic heterocycles.